The lowest BCUT2D eigenvalue weighted by Crippen LogP contribution is -2.45. The molecule has 1 aromatic rings. The van der Waals surface area contributed by atoms with Crippen LogP contribution < -0.4 is 10.1 Å². The van der Waals surface area contributed by atoms with Gasteiger partial charge in [-0.3, -0.25) is 4.79 Å². The van der Waals surface area contributed by atoms with E-state index in [2.05, 4.69) is 39.1 Å². The summed E-state index contributed by atoms with van der Waals surface area (Å²) in [4.78, 5) is 12.8. The fraction of sp³-hybridized carbons (Fsp3) is 0.625. The van der Waals surface area contributed by atoms with Gasteiger partial charge in [0.05, 0.1) is 5.56 Å². The highest BCUT2D eigenvalue weighted by Crippen LogP contribution is 2.54. The van der Waals surface area contributed by atoms with E-state index in [9.17, 15) is 9.90 Å². The zero-order valence-corrected chi connectivity index (χ0v) is 18.0. The second-order valence-corrected chi connectivity index (χ2v) is 8.88. The summed E-state index contributed by atoms with van der Waals surface area (Å²) in [6, 6.07) is 2.02. The molecule has 0 fully saturated rings. The number of hydrogen-bond acceptors (Lipinski definition) is 3. The Kier molecular flexibility index (Phi) is 6.07. The predicted molar refractivity (Wildman–Crippen MR) is 113 cm³/mol. The second kappa shape index (κ2) is 8.18. The van der Waals surface area contributed by atoms with Crippen molar-refractivity contribution in [3.8, 4) is 11.5 Å². The Morgan fingerprint density at radius 2 is 2.07 bits per heavy atom. The number of aryl methyl sites for hydroxylation is 1. The molecule has 1 amide bonds. The van der Waals surface area contributed by atoms with E-state index in [1.54, 1.807) is 0 Å². The van der Waals surface area contributed by atoms with Crippen LogP contribution in [-0.2, 0) is 6.42 Å². The van der Waals surface area contributed by atoms with E-state index in [1.165, 1.54) is 5.57 Å². The van der Waals surface area contributed by atoms with Crippen LogP contribution in [-0.4, -0.2) is 23.2 Å². The number of fused-ring (bicyclic) bond motifs is 3. The summed E-state index contributed by atoms with van der Waals surface area (Å²) in [7, 11) is 0. The van der Waals surface area contributed by atoms with Crippen molar-refractivity contribution in [1.29, 1.82) is 0 Å². The molecule has 2 aliphatic rings. The first-order valence-corrected chi connectivity index (χ1v) is 10.8. The number of unbranched alkanes of at least 4 members (excludes halogenated alkanes) is 2. The van der Waals surface area contributed by atoms with Crippen molar-refractivity contribution < 1.29 is 14.6 Å². The third-order valence-electron chi connectivity index (χ3n) is 6.34. The molecule has 4 nitrogen and oxygen atoms in total. The normalized spacial score (nSPS) is 22.5. The molecule has 1 aliphatic carbocycles. The highest BCUT2D eigenvalue weighted by molar-refractivity contribution is 5.99. The highest BCUT2D eigenvalue weighted by atomic mass is 16.5. The van der Waals surface area contributed by atoms with E-state index in [0.717, 1.165) is 55.4 Å². The molecule has 2 atom stereocenters. The van der Waals surface area contributed by atoms with Crippen molar-refractivity contribution in [2.45, 2.75) is 84.7 Å². The predicted octanol–water partition coefficient (Wildman–Crippen LogP) is 5.49. The molecule has 2 N–H and O–H groups in total. The van der Waals surface area contributed by atoms with Crippen molar-refractivity contribution in [2.24, 2.45) is 5.92 Å². The summed E-state index contributed by atoms with van der Waals surface area (Å²) in [6.45, 7) is 11.1. The number of rotatable bonds is 6. The molecule has 1 aliphatic heterocycles. The van der Waals surface area contributed by atoms with Crippen LogP contribution >= 0.6 is 0 Å². The fourth-order valence-electron chi connectivity index (χ4n) is 4.88. The first-order chi connectivity index (χ1) is 13.3. The summed E-state index contributed by atoms with van der Waals surface area (Å²) >= 11 is 0. The van der Waals surface area contributed by atoms with Crippen LogP contribution in [0.1, 0.15) is 94.1 Å². The summed E-state index contributed by atoms with van der Waals surface area (Å²) < 4.78 is 6.43. The van der Waals surface area contributed by atoms with Crippen LogP contribution in [0, 0.1) is 5.92 Å². The Morgan fingerprint density at radius 3 is 2.75 bits per heavy atom. The average molecular weight is 386 g/mol. The molecular formula is C24H35NO3. The van der Waals surface area contributed by atoms with Gasteiger partial charge in [0.15, 0.2) is 0 Å². The van der Waals surface area contributed by atoms with E-state index in [-0.39, 0.29) is 23.2 Å². The SMILES string of the molecule is CCCCCc1cc2c(c(O)c1C(=O)NCC)[C@@H]1C=C(C)CC[C@H]1C(C)(C)O2. The minimum Gasteiger partial charge on any atom is -0.507 e. The highest BCUT2D eigenvalue weighted by Gasteiger charge is 2.46. The second-order valence-electron chi connectivity index (χ2n) is 8.88. The average Bonchev–Trinajstić information content (AvgIpc) is 2.61. The Bertz CT molecular complexity index is 779. The number of hydrogen-bond donors (Lipinski definition) is 2. The Balaban J connectivity index is 2.15. The third-order valence-corrected chi connectivity index (χ3v) is 6.34. The van der Waals surface area contributed by atoms with Gasteiger partial charge in [-0.25, -0.2) is 0 Å². The monoisotopic (exact) mass is 385 g/mol. The molecule has 1 heterocycles. The van der Waals surface area contributed by atoms with E-state index in [4.69, 9.17) is 4.74 Å². The molecule has 0 bridgehead atoms. The van der Waals surface area contributed by atoms with Gasteiger partial charge in [-0.2, -0.15) is 0 Å². The molecule has 3 rings (SSSR count). The number of benzene rings is 1. The van der Waals surface area contributed by atoms with Crippen molar-refractivity contribution in [3.05, 3.63) is 34.4 Å². The minimum absolute atomic E-state index is 0.0883. The Labute approximate surface area is 169 Å². The van der Waals surface area contributed by atoms with Gasteiger partial charge in [-0.15, -0.1) is 0 Å². The quantitative estimate of drug-likeness (QED) is 0.503. The maximum Gasteiger partial charge on any atom is 0.255 e. The van der Waals surface area contributed by atoms with Crippen molar-refractivity contribution >= 4 is 5.91 Å². The number of amides is 1. The smallest absolute Gasteiger partial charge is 0.255 e. The van der Waals surface area contributed by atoms with Crippen LogP contribution in [0.15, 0.2) is 17.7 Å². The van der Waals surface area contributed by atoms with Gasteiger partial charge in [-0.1, -0.05) is 31.4 Å². The number of carbonyl (C=O) groups excluding carboxylic acids is 1. The van der Waals surface area contributed by atoms with Crippen LogP contribution in [0.3, 0.4) is 0 Å². The zero-order chi connectivity index (χ0) is 20.5. The summed E-state index contributed by atoms with van der Waals surface area (Å²) in [5, 5.41) is 14.2. The number of allylic oxidation sites excluding steroid dienone is 2. The molecule has 0 unspecified atom stereocenters. The number of phenols is 1. The number of carbonyl (C=O) groups is 1. The first-order valence-electron chi connectivity index (χ1n) is 10.8. The molecule has 0 saturated heterocycles. The zero-order valence-electron chi connectivity index (χ0n) is 18.0. The third kappa shape index (κ3) is 3.78. The molecule has 4 heteroatoms. The lowest BCUT2D eigenvalue weighted by atomic mass is 9.67. The maximum atomic E-state index is 12.8. The van der Waals surface area contributed by atoms with E-state index in [1.807, 2.05) is 13.0 Å². The topological polar surface area (TPSA) is 58.6 Å². The van der Waals surface area contributed by atoms with Crippen LogP contribution in [0.25, 0.3) is 0 Å². The van der Waals surface area contributed by atoms with Crippen LogP contribution in [0.2, 0.25) is 0 Å². The lowest BCUT2D eigenvalue weighted by Gasteiger charge is -2.46. The maximum absolute atomic E-state index is 12.8. The Morgan fingerprint density at radius 1 is 1.32 bits per heavy atom. The summed E-state index contributed by atoms with van der Waals surface area (Å²) in [5.41, 5.74) is 3.17. The van der Waals surface area contributed by atoms with E-state index < -0.39 is 0 Å². The summed E-state index contributed by atoms with van der Waals surface area (Å²) in [5.74, 6) is 1.06. The van der Waals surface area contributed by atoms with Gasteiger partial charge in [0, 0.05) is 23.9 Å². The molecule has 0 saturated carbocycles. The standard InChI is InChI=1S/C24H35NO3/c1-6-8-9-10-16-14-19-21(22(26)20(16)23(27)25-7-2)17-13-15(3)11-12-18(17)24(4,5)28-19/h13-14,17-18,26H,6-12H2,1-5H3,(H,25,27)/t17-,18-/m1/s1. The van der Waals surface area contributed by atoms with Crippen LogP contribution in [0.4, 0.5) is 0 Å². The van der Waals surface area contributed by atoms with Crippen molar-refractivity contribution in [2.75, 3.05) is 6.54 Å². The molecule has 0 aromatic heterocycles. The van der Waals surface area contributed by atoms with Crippen molar-refractivity contribution in [1.82, 2.24) is 5.32 Å². The van der Waals surface area contributed by atoms with Gasteiger partial charge in [-0.05, 0) is 65.0 Å². The largest absolute Gasteiger partial charge is 0.507 e. The lowest BCUT2D eigenvalue weighted by molar-refractivity contribution is 0.0107. The summed E-state index contributed by atoms with van der Waals surface area (Å²) in [6.07, 6.45) is 8.35. The van der Waals surface area contributed by atoms with Gasteiger partial charge in [0.1, 0.15) is 17.1 Å². The fourth-order valence-corrected chi connectivity index (χ4v) is 4.88. The van der Waals surface area contributed by atoms with Gasteiger partial charge in [0.25, 0.3) is 5.91 Å². The van der Waals surface area contributed by atoms with Crippen LogP contribution in [0.5, 0.6) is 11.5 Å². The molecule has 28 heavy (non-hydrogen) atoms. The molecule has 1 aromatic carbocycles. The molecule has 0 radical (unpaired) electrons. The van der Waals surface area contributed by atoms with Crippen molar-refractivity contribution in [3.63, 3.8) is 0 Å². The molecule has 154 valence electrons. The first kappa shape index (κ1) is 20.8. The number of phenolic OH excluding ortho intramolecular Hbond substituents is 1. The molecular weight excluding hydrogens is 350 g/mol. The number of ether oxygens (including phenoxy) is 1. The van der Waals surface area contributed by atoms with Gasteiger partial charge < -0.3 is 15.2 Å². The Hall–Kier alpha value is -1.97. The van der Waals surface area contributed by atoms with E-state index >= 15 is 0 Å². The number of aromatic hydroxyl groups is 1. The van der Waals surface area contributed by atoms with E-state index in [0.29, 0.717) is 18.0 Å². The minimum atomic E-state index is -0.296. The number of nitrogens with one attached hydrogen (secondary N) is 1. The van der Waals surface area contributed by atoms with Gasteiger partial charge >= 0.3 is 0 Å². The van der Waals surface area contributed by atoms with Gasteiger partial charge in [0.2, 0.25) is 0 Å². The molecule has 0 spiro atoms.